The first kappa shape index (κ1) is 16.5. The molecule has 0 saturated heterocycles. The quantitative estimate of drug-likeness (QED) is 0.809. The van der Waals surface area contributed by atoms with Gasteiger partial charge in [0.15, 0.2) is 0 Å². The standard InChI is InChI=1S/C13H22N2O2S2/c1-4-12(9-18-3)15-19(16,17)13-7-5-6-11(8-13)10(2)14/h5-8,10,12,15H,4,9,14H2,1-3H3. The summed E-state index contributed by atoms with van der Waals surface area (Å²) in [5.74, 6) is 0.767. The lowest BCUT2D eigenvalue weighted by Crippen LogP contribution is -2.36. The van der Waals surface area contributed by atoms with Crippen molar-refractivity contribution in [2.45, 2.75) is 37.2 Å². The lowest BCUT2D eigenvalue weighted by molar-refractivity contribution is 0.558. The molecule has 0 fully saturated rings. The van der Waals surface area contributed by atoms with Gasteiger partial charge in [0.2, 0.25) is 10.0 Å². The summed E-state index contributed by atoms with van der Waals surface area (Å²) in [6.07, 6.45) is 2.74. The molecule has 0 saturated carbocycles. The van der Waals surface area contributed by atoms with E-state index in [-0.39, 0.29) is 17.0 Å². The van der Waals surface area contributed by atoms with Crippen molar-refractivity contribution < 1.29 is 8.42 Å². The zero-order chi connectivity index (χ0) is 14.5. The van der Waals surface area contributed by atoms with Crippen molar-refractivity contribution in [2.24, 2.45) is 5.73 Å². The van der Waals surface area contributed by atoms with E-state index in [1.165, 1.54) is 0 Å². The van der Waals surface area contributed by atoms with Crippen LogP contribution in [-0.2, 0) is 10.0 Å². The zero-order valence-electron chi connectivity index (χ0n) is 11.6. The Morgan fingerprint density at radius 1 is 1.42 bits per heavy atom. The van der Waals surface area contributed by atoms with Gasteiger partial charge in [0.05, 0.1) is 4.90 Å². The second-order valence-electron chi connectivity index (χ2n) is 4.54. The largest absolute Gasteiger partial charge is 0.324 e. The summed E-state index contributed by atoms with van der Waals surface area (Å²) in [5, 5.41) is 0. The van der Waals surface area contributed by atoms with Crippen LogP contribution in [0.15, 0.2) is 29.2 Å². The van der Waals surface area contributed by atoms with Gasteiger partial charge in [-0.1, -0.05) is 19.1 Å². The topological polar surface area (TPSA) is 72.2 Å². The smallest absolute Gasteiger partial charge is 0.240 e. The molecule has 19 heavy (non-hydrogen) atoms. The predicted molar refractivity (Wildman–Crippen MR) is 81.8 cm³/mol. The minimum absolute atomic E-state index is 0.0426. The molecule has 3 N–H and O–H groups in total. The Hall–Kier alpha value is -0.560. The van der Waals surface area contributed by atoms with Crippen LogP contribution in [0.4, 0.5) is 0 Å². The van der Waals surface area contributed by atoms with Crippen LogP contribution >= 0.6 is 11.8 Å². The lowest BCUT2D eigenvalue weighted by Gasteiger charge is -2.16. The summed E-state index contributed by atoms with van der Waals surface area (Å²) in [7, 11) is -3.47. The second kappa shape index (κ2) is 7.28. The van der Waals surface area contributed by atoms with Crippen LogP contribution in [0.3, 0.4) is 0 Å². The van der Waals surface area contributed by atoms with Crippen LogP contribution in [0, 0.1) is 0 Å². The van der Waals surface area contributed by atoms with Crippen LogP contribution in [0.2, 0.25) is 0 Å². The van der Waals surface area contributed by atoms with Crippen LogP contribution in [0.25, 0.3) is 0 Å². The van der Waals surface area contributed by atoms with Crippen molar-refractivity contribution in [2.75, 3.05) is 12.0 Å². The maximum atomic E-state index is 12.3. The molecule has 0 aliphatic carbocycles. The SMILES string of the molecule is CCC(CSC)NS(=O)(=O)c1cccc(C(C)N)c1. The summed E-state index contributed by atoms with van der Waals surface area (Å²) in [5.41, 5.74) is 6.60. The number of nitrogens with two attached hydrogens (primary N) is 1. The van der Waals surface area contributed by atoms with Gasteiger partial charge >= 0.3 is 0 Å². The third kappa shape index (κ3) is 4.80. The van der Waals surface area contributed by atoms with Gasteiger partial charge in [-0.05, 0) is 37.3 Å². The van der Waals surface area contributed by atoms with Gasteiger partial charge in [-0.3, -0.25) is 0 Å². The molecular weight excluding hydrogens is 280 g/mol. The van der Waals surface area contributed by atoms with E-state index in [0.29, 0.717) is 0 Å². The number of sulfonamides is 1. The van der Waals surface area contributed by atoms with Crippen molar-refractivity contribution >= 4 is 21.8 Å². The van der Waals surface area contributed by atoms with Crippen molar-refractivity contribution in [1.29, 1.82) is 0 Å². The molecule has 2 unspecified atom stereocenters. The molecule has 1 rings (SSSR count). The number of rotatable bonds is 7. The van der Waals surface area contributed by atoms with Crippen molar-refractivity contribution in [3.63, 3.8) is 0 Å². The van der Waals surface area contributed by atoms with Crippen molar-refractivity contribution in [3.05, 3.63) is 29.8 Å². The highest BCUT2D eigenvalue weighted by Gasteiger charge is 2.19. The highest BCUT2D eigenvalue weighted by atomic mass is 32.2. The molecule has 1 aromatic carbocycles. The van der Waals surface area contributed by atoms with E-state index in [9.17, 15) is 8.42 Å². The fourth-order valence-corrected chi connectivity index (χ4v) is 3.89. The van der Waals surface area contributed by atoms with Gasteiger partial charge in [0.1, 0.15) is 0 Å². The van der Waals surface area contributed by atoms with Gasteiger partial charge in [-0.25, -0.2) is 13.1 Å². The summed E-state index contributed by atoms with van der Waals surface area (Å²) < 4.78 is 27.3. The normalized spacial score (nSPS) is 15.2. The molecule has 0 radical (unpaired) electrons. The van der Waals surface area contributed by atoms with Crippen LogP contribution < -0.4 is 10.5 Å². The van der Waals surface area contributed by atoms with Crippen LogP contribution in [0.5, 0.6) is 0 Å². The van der Waals surface area contributed by atoms with Gasteiger partial charge in [0.25, 0.3) is 0 Å². The van der Waals surface area contributed by atoms with Crippen LogP contribution in [-0.4, -0.2) is 26.5 Å². The molecule has 0 bridgehead atoms. The van der Waals surface area contributed by atoms with E-state index in [2.05, 4.69) is 4.72 Å². The first-order chi connectivity index (χ1) is 8.90. The van der Waals surface area contributed by atoms with E-state index in [1.54, 1.807) is 30.0 Å². The molecule has 0 heterocycles. The first-order valence-electron chi connectivity index (χ1n) is 6.27. The minimum Gasteiger partial charge on any atom is -0.324 e. The second-order valence-corrected chi connectivity index (χ2v) is 7.17. The highest BCUT2D eigenvalue weighted by Crippen LogP contribution is 2.17. The maximum absolute atomic E-state index is 12.3. The third-order valence-electron chi connectivity index (χ3n) is 2.88. The lowest BCUT2D eigenvalue weighted by atomic mass is 10.1. The Labute approximate surface area is 120 Å². The average molecular weight is 302 g/mol. The summed E-state index contributed by atoms with van der Waals surface area (Å²) in [4.78, 5) is 0.279. The van der Waals surface area contributed by atoms with Crippen molar-refractivity contribution in [3.8, 4) is 0 Å². The monoisotopic (exact) mass is 302 g/mol. The van der Waals surface area contributed by atoms with Gasteiger partial charge in [-0.2, -0.15) is 11.8 Å². The molecule has 0 aliphatic heterocycles. The Morgan fingerprint density at radius 3 is 2.63 bits per heavy atom. The molecule has 2 atom stereocenters. The summed E-state index contributed by atoms with van der Waals surface area (Å²) >= 11 is 1.63. The molecular formula is C13H22N2O2S2. The van der Waals surface area contributed by atoms with Crippen LogP contribution in [0.1, 0.15) is 31.9 Å². The Balaban J connectivity index is 2.96. The number of nitrogens with one attached hydrogen (secondary N) is 1. The third-order valence-corrected chi connectivity index (χ3v) is 5.13. The predicted octanol–water partition coefficient (Wildman–Crippen LogP) is 2.13. The molecule has 0 spiro atoms. The summed E-state index contributed by atoms with van der Waals surface area (Å²) in [6, 6.07) is 6.58. The van der Waals surface area contributed by atoms with Crippen molar-refractivity contribution in [1.82, 2.24) is 4.72 Å². The number of hydrogen-bond acceptors (Lipinski definition) is 4. The van der Waals surface area contributed by atoms with E-state index >= 15 is 0 Å². The maximum Gasteiger partial charge on any atom is 0.240 e. The molecule has 0 amide bonds. The number of benzene rings is 1. The van der Waals surface area contributed by atoms with E-state index in [0.717, 1.165) is 17.7 Å². The molecule has 0 aromatic heterocycles. The zero-order valence-corrected chi connectivity index (χ0v) is 13.2. The molecule has 6 heteroatoms. The van der Waals surface area contributed by atoms with E-state index in [1.807, 2.05) is 26.2 Å². The fourth-order valence-electron chi connectivity index (χ4n) is 1.69. The fraction of sp³-hybridized carbons (Fsp3) is 0.538. The number of hydrogen-bond donors (Lipinski definition) is 2. The van der Waals surface area contributed by atoms with Gasteiger partial charge in [-0.15, -0.1) is 0 Å². The summed E-state index contributed by atoms with van der Waals surface area (Å²) in [6.45, 7) is 3.81. The minimum atomic E-state index is -3.47. The molecule has 108 valence electrons. The molecule has 4 nitrogen and oxygen atoms in total. The molecule has 0 aliphatic rings. The average Bonchev–Trinajstić information content (AvgIpc) is 2.38. The Kier molecular flexibility index (Phi) is 6.32. The first-order valence-corrected chi connectivity index (χ1v) is 9.15. The molecule has 1 aromatic rings. The van der Waals surface area contributed by atoms with E-state index in [4.69, 9.17) is 5.73 Å². The number of thioether (sulfide) groups is 1. The van der Waals surface area contributed by atoms with Gasteiger partial charge in [0, 0.05) is 17.8 Å². The highest BCUT2D eigenvalue weighted by molar-refractivity contribution is 7.98. The Morgan fingerprint density at radius 2 is 2.11 bits per heavy atom. The van der Waals surface area contributed by atoms with E-state index < -0.39 is 10.0 Å². The van der Waals surface area contributed by atoms with Gasteiger partial charge < -0.3 is 5.73 Å². The Bertz CT molecular complexity index is 501.